The molecule has 16 nitrogen and oxygen atoms in total. The third-order valence-electron chi connectivity index (χ3n) is 6.90. The van der Waals surface area contributed by atoms with Gasteiger partial charge in [0.1, 0.15) is 11.5 Å². The molecule has 2 aromatic carbocycles. The molecular weight excluding hydrogens is 640 g/mol. The number of carbonyl (C=O) groups excluding carboxylic acids is 6. The number of benzene rings is 2. The van der Waals surface area contributed by atoms with Crippen LogP contribution in [0, 0.1) is 0 Å². The Morgan fingerprint density at radius 2 is 0.792 bits per heavy atom. The molecule has 0 spiro atoms. The predicted octanol–water partition coefficient (Wildman–Crippen LogP) is 1.90. The molecule has 0 aromatic heterocycles. The molecule has 0 unspecified atom stereocenters. The highest BCUT2D eigenvalue weighted by atomic mass is 16.7. The third kappa shape index (κ3) is 9.54. The molecule has 16 heteroatoms. The van der Waals surface area contributed by atoms with E-state index in [1.165, 1.54) is 13.8 Å². The van der Waals surface area contributed by atoms with E-state index in [1.54, 1.807) is 36.4 Å². The molecular formula is C32H36O16. The summed E-state index contributed by atoms with van der Waals surface area (Å²) in [6, 6.07) is 9.97. The first kappa shape index (κ1) is 35.9. The molecule has 2 aliphatic heterocycles. The van der Waals surface area contributed by atoms with Gasteiger partial charge in [0.05, 0.1) is 13.2 Å². The van der Waals surface area contributed by atoms with Crippen LogP contribution in [0.4, 0.5) is 0 Å². The maximum Gasteiger partial charge on any atom is 0.303 e. The number of fused-ring (bicyclic) bond motifs is 1. The average Bonchev–Trinajstić information content (AvgIpc) is 2.97. The zero-order chi connectivity index (χ0) is 35.1. The molecule has 2 aliphatic rings. The first-order chi connectivity index (χ1) is 22.7. The van der Waals surface area contributed by atoms with E-state index in [9.17, 15) is 28.8 Å². The molecule has 0 radical (unpaired) electrons. The lowest BCUT2D eigenvalue weighted by atomic mass is 10.0. The van der Waals surface area contributed by atoms with Gasteiger partial charge in [-0.3, -0.25) is 28.8 Å². The van der Waals surface area contributed by atoms with E-state index < -0.39 is 85.0 Å². The average molecular weight is 677 g/mol. The first-order valence-electron chi connectivity index (χ1n) is 14.8. The number of ether oxygens (including phenoxy) is 10. The van der Waals surface area contributed by atoms with E-state index in [2.05, 4.69) is 0 Å². The predicted molar refractivity (Wildman–Crippen MR) is 158 cm³/mol. The van der Waals surface area contributed by atoms with Crippen LogP contribution in [-0.4, -0.2) is 98.2 Å². The summed E-state index contributed by atoms with van der Waals surface area (Å²) in [6.45, 7) is 6.61. The van der Waals surface area contributed by atoms with Gasteiger partial charge in [0.25, 0.3) is 0 Å². The van der Waals surface area contributed by atoms with Gasteiger partial charge in [0.2, 0.25) is 24.8 Å². The standard InChI is InChI=1S/C32H36O16/c1-15(33)41-25-13-39-31(29(45-19(5)37)27(25)43-17(3)35)47-23-9-7-22-12-24(10-8-21(22)11-23)48-32-30(46-20(6)38)28(44-18(4)36)26(14-40-32)42-16(2)34/h7-12,25-32H,13-14H2,1-6H3/t25-,26-,27+,28+,29-,30-,31+,32+/m1/s1. The van der Waals surface area contributed by atoms with E-state index in [1.807, 2.05) is 0 Å². The van der Waals surface area contributed by atoms with Crippen LogP contribution in [-0.2, 0) is 66.7 Å². The van der Waals surface area contributed by atoms with Crippen molar-refractivity contribution in [3.05, 3.63) is 36.4 Å². The van der Waals surface area contributed by atoms with Gasteiger partial charge in [-0.25, -0.2) is 0 Å². The SMILES string of the molecule is CC(=O)O[C@@H]1[C@@H](OC(C)=O)[C@H](Oc2ccc3cc(O[C@@H]4OC[C@@H](OC(C)=O)[C@H](OC(C)=O)[C@H]4OC(C)=O)ccc3c2)OC[C@H]1OC(C)=O. The number of esters is 6. The van der Waals surface area contributed by atoms with Gasteiger partial charge >= 0.3 is 35.8 Å². The lowest BCUT2D eigenvalue weighted by Crippen LogP contribution is -2.59. The minimum atomic E-state index is -1.27. The molecule has 2 saturated heterocycles. The molecule has 0 saturated carbocycles. The highest BCUT2D eigenvalue weighted by Gasteiger charge is 2.49. The Kier molecular flexibility index (Phi) is 11.8. The summed E-state index contributed by atoms with van der Waals surface area (Å²) in [5.41, 5.74) is 0. The molecule has 0 aliphatic carbocycles. The molecule has 0 amide bonds. The second-order valence-corrected chi connectivity index (χ2v) is 10.9. The largest absolute Gasteiger partial charge is 0.461 e. The quantitative estimate of drug-likeness (QED) is 0.261. The summed E-state index contributed by atoms with van der Waals surface area (Å²) in [4.78, 5) is 70.9. The minimum absolute atomic E-state index is 0.203. The van der Waals surface area contributed by atoms with Crippen LogP contribution < -0.4 is 9.47 Å². The molecule has 0 N–H and O–H groups in total. The van der Waals surface area contributed by atoms with E-state index >= 15 is 0 Å². The zero-order valence-electron chi connectivity index (χ0n) is 27.0. The number of hydrogen-bond donors (Lipinski definition) is 0. The summed E-state index contributed by atoms with van der Waals surface area (Å²) < 4.78 is 55.5. The van der Waals surface area contributed by atoms with Gasteiger partial charge in [-0.1, -0.05) is 12.1 Å². The van der Waals surface area contributed by atoms with Crippen molar-refractivity contribution in [2.24, 2.45) is 0 Å². The van der Waals surface area contributed by atoms with Crippen molar-refractivity contribution in [1.29, 1.82) is 0 Å². The Morgan fingerprint density at radius 1 is 0.479 bits per heavy atom. The Morgan fingerprint density at radius 3 is 1.10 bits per heavy atom. The van der Waals surface area contributed by atoms with E-state index in [0.717, 1.165) is 27.7 Å². The summed E-state index contributed by atoms with van der Waals surface area (Å²) in [6.07, 6.45) is -9.48. The Labute approximate surface area is 274 Å². The van der Waals surface area contributed by atoms with Crippen LogP contribution in [0.1, 0.15) is 41.5 Å². The minimum Gasteiger partial charge on any atom is -0.461 e. The molecule has 0 bridgehead atoms. The van der Waals surface area contributed by atoms with Crippen molar-refractivity contribution in [2.75, 3.05) is 13.2 Å². The molecule has 4 rings (SSSR count). The van der Waals surface area contributed by atoms with Crippen LogP contribution in [0.15, 0.2) is 36.4 Å². The molecule has 2 heterocycles. The maximum absolute atomic E-state index is 11.9. The smallest absolute Gasteiger partial charge is 0.303 e. The van der Waals surface area contributed by atoms with Crippen molar-refractivity contribution in [3.8, 4) is 11.5 Å². The van der Waals surface area contributed by atoms with Crippen LogP contribution in [0.5, 0.6) is 11.5 Å². The summed E-state index contributed by atoms with van der Waals surface area (Å²) in [7, 11) is 0. The summed E-state index contributed by atoms with van der Waals surface area (Å²) in [5, 5.41) is 1.37. The monoisotopic (exact) mass is 676 g/mol. The van der Waals surface area contributed by atoms with Crippen LogP contribution in [0.2, 0.25) is 0 Å². The van der Waals surface area contributed by atoms with Gasteiger partial charge in [-0.2, -0.15) is 0 Å². The van der Waals surface area contributed by atoms with Gasteiger partial charge in [-0.05, 0) is 35.0 Å². The fourth-order valence-corrected chi connectivity index (χ4v) is 5.24. The van der Waals surface area contributed by atoms with E-state index in [-0.39, 0.29) is 13.2 Å². The topological polar surface area (TPSA) is 195 Å². The molecule has 48 heavy (non-hydrogen) atoms. The van der Waals surface area contributed by atoms with Crippen molar-refractivity contribution < 1.29 is 76.1 Å². The summed E-state index contributed by atoms with van der Waals surface area (Å²) >= 11 is 0. The third-order valence-corrected chi connectivity index (χ3v) is 6.90. The Bertz CT molecular complexity index is 1420. The maximum atomic E-state index is 11.9. The molecule has 2 fully saturated rings. The highest BCUT2D eigenvalue weighted by Crippen LogP contribution is 2.32. The second-order valence-electron chi connectivity index (χ2n) is 10.9. The van der Waals surface area contributed by atoms with Crippen molar-refractivity contribution in [1.82, 2.24) is 0 Å². The summed E-state index contributed by atoms with van der Waals surface area (Å²) in [5.74, 6) is -3.48. The van der Waals surface area contributed by atoms with Crippen LogP contribution in [0.3, 0.4) is 0 Å². The Hall–Kier alpha value is -4.96. The van der Waals surface area contributed by atoms with Crippen LogP contribution in [0.25, 0.3) is 10.8 Å². The van der Waals surface area contributed by atoms with Gasteiger partial charge < -0.3 is 47.4 Å². The molecule has 260 valence electrons. The number of rotatable bonds is 10. The highest BCUT2D eigenvalue weighted by molar-refractivity contribution is 5.85. The van der Waals surface area contributed by atoms with E-state index in [0.29, 0.717) is 22.3 Å². The fraction of sp³-hybridized carbons (Fsp3) is 0.500. The molecule has 2 aromatic rings. The van der Waals surface area contributed by atoms with Crippen molar-refractivity contribution in [3.63, 3.8) is 0 Å². The van der Waals surface area contributed by atoms with Gasteiger partial charge in [0, 0.05) is 41.5 Å². The van der Waals surface area contributed by atoms with Gasteiger partial charge in [0.15, 0.2) is 24.4 Å². The van der Waals surface area contributed by atoms with Gasteiger partial charge in [-0.15, -0.1) is 0 Å². The Balaban J connectivity index is 1.54. The fourth-order valence-electron chi connectivity index (χ4n) is 5.24. The van der Waals surface area contributed by atoms with E-state index in [4.69, 9.17) is 47.4 Å². The van der Waals surface area contributed by atoms with Crippen LogP contribution >= 0.6 is 0 Å². The number of carbonyl (C=O) groups is 6. The zero-order valence-corrected chi connectivity index (χ0v) is 27.0. The second kappa shape index (κ2) is 15.8. The van der Waals surface area contributed by atoms with Crippen molar-refractivity contribution >= 4 is 46.6 Å². The number of hydrogen-bond acceptors (Lipinski definition) is 16. The molecule has 8 atom stereocenters. The lowest BCUT2D eigenvalue weighted by molar-refractivity contribution is -0.259. The first-order valence-corrected chi connectivity index (χ1v) is 14.8. The normalized spacial score (nSPS) is 26.7. The van der Waals surface area contributed by atoms with Crippen molar-refractivity contribution in [2.45, 2.75) is 90.7 Å². The lowest BCUT2D eigenvalue weighted by Gasteiger charge is -2.40.